The maximum absolute atomic E-state index is 11.8. The smallest absolute Gasteiger partial charge is 0.319 e. The Balaban J connectivity index is 2.15. The summed E-state index contributed by atoms with van der Waals surface area (Å²) >= 11 is 12.0. The zero-order valence-electron chi connectivity index (χ0n) is 9.20. The number of nitrogens with two attached hydrogens (primary N) is 1. The highest BCUT2D eigenvalue weighted by molar-refractivity contribution is 6.42. The molecule has 2 rings (SSSR count). The lowest BCUT2D eigenvalue weighted by atomic mass is 10.2. The summed E-state index contributed by atoms with van der Waals surface area (Å²) in [5, 5.41) is 2.22. The number of halogens is 2. The number of urea groups is 1. The number of nitrogens with zero attached hydrogens (tertiary/aromatic N) is 2. The Hall–Kier alpha value is -0.970. The number of carbonyl (C=O) groups is 1. The van der Waals surface area contributed by atoms with Crippen LogP contribution in [0.2, 0.25) is 10.0 Å². The Bertz CT molecular complexity index is 439. The van der Waals surface area contributed by atoms with Gasteiger partial charge in [0.05, 0.1) is 10.0 Å². The van der Waals surface area contributed by atoms with Crippen molar-refractivity contribution < 1.29 is 4.79 Å². The summed E-state index contributed by atoms with van der Waals surface area (Å²) in [4.78, 5) is 13.4. The quantitative estimate of drug-likeness (QED) is 0.665. The highest BCUT2D eigenvalue weighted by Crippen LogP contribution is 2.27. The van der Waals surface area contributed by atoms with Crippen molar-refractivity contribution in [1.29, 1.82) is 0 Å². The normalized spacial score (nSPS) is 16.5. The number of benzene rings is 1. The zero-order valence-corrected chi connectivity index (χ0v) is 10.7. The molecule has 1 heterocycles. The van der Waals surface area contributed by atoms with Crippen molar-refractivity contribution in [2.24, 2.45) is 5.84 Å². The molecule has 92 valence electrons. The van der Waals surface area contributed by atoms with Crippen molar-refractivity contribution in [2.75, 3.05) is 13.1 Å². The minimum absolute atomic E-state index is 0.174. The molecule has 1 aliphatic heterocycles. The SMILES string of the molecule is NN1CCCN(Cc2cccc(Cl)c2Cl)C1=O. The minimum Gasteiger partial charge on any atom is -0.319 e. The topological polar surface area (TPSA) is 49.6 Å². The second-order valence-electron chi connectivity index (χ2n) is 3.96. The molecule has 0 saturated carbocycles. The van der Waals surface area contributed by atoms with E-state index in [0.29, 0.717) is 29.7 Å². The van der Waals surface area contributed by atoms with Crippen molar-refractivity contribution >= 4 is 29.2 Å². The van der Waals surface area contributed by atoms with Crippen LogP contribution in [0.3, 0.4) is 0 Å². The first-order valence-corrected chi connectivity index (χ1v) is 6.09. The summed E-state index contributed by atoms with van der Waals surface area (Å²) < 4.78 is 0. The Morgan fingerprint density at radius 2 is 2.06 bits per heavy atom. The van der Waals surface area contributed by atoms with Gasteiger partial charge in [-0.05, 0) is 18.1 Å². The first-order valence-electron chi connectivity index (χ1n) is 5.33. The molecule has 0 atom stereocenters. The average Bonchev–Trinajstić information content (AvgIpc) is 2.31. The summed E-state index contributed by atoms with van der Waals surface area (Å²) in [6, 6.07) is 5.22. The largest absolute Gasteiger partial charge is 0.334 e. The van der Waals surface area contributed by atoms with Gasteiger partial charge in [0, 0.05) is 19.6 Å². The predicted molar refractivity (Wildman–Crippen MR) is 67.8 cm³/mol. The number of rotatable bonds is 2. The molecule has 2 amide bonds. The van der Waals surface area contributed by atoms with E-state index in [4.69, 9.17) is 29.0 Å². The number of amides is 2. The van der Waals surface area contributed by atoms with Gasteiger partial charge in [0.25, 0.3) is 0 Å². The predicted octanol–water partition coefficient (Wildman–Crippen LogP) is 2.49. The van der Waals surface area contributed by atoms with E-state index >= 15 is 0 Å². The third kappa shape index (κ3) is 2.65. The summed E-state index contributed by atoms with van der Waals surface area (Å²) in [6.45, 7) is 1.72. The molecular formula is C11H13Cl2N3O. The molecule has 1 fully saturated rings. The number of hydrazine groups is 1. The van der Waals surface area contributed by atoms with Gasteiger partial charge in [-0.25, -0.2) is 10.6 Å². The molecule has 0 bridgehead atoms. The fraction of sp³-hybridized carbons (Fsp3) is 0.364. The van der Waals surface area contributed by atoms with Gasteiger partial charge >= 0.3 is 6.03 Å². The maximum atomic E-state index is 11.8. The van der Waals surface area contributed by atoms with E-state index in [1.165, 1.54) is 5.01 Å². The van der Waals surface area contributed by atoms with E-state index in [9.17, 15) is 4.79 Å². The van der Waals surface area contributed by atoms with Crippen LogP contribution < -0.4 is 5.84 Å². The van der Waals surface area contributed by atoms with E-state index in [2.05, 4.69) is 0 Å². The summed E-state index contributed by atoms with van der Waals surface area (Å²) in [7, 11) is 0. The van der Waals surface area contributed by atoms with Crippen LogP contribution in [0.4, 0.5) is 4.79 Å². The highest BCUT2D eigenvalue weighted by atomic mass is 35.5. The molecule has 0 spiro atoms. The fourth-order valence-corrected chi connectivity index (χ4v) is 2.21. The standard InChI is InChI=1S/C11H13Cl2N3O/c12-9-4-1-3-8(10(9)13)7-15-5-2-6-16(14)11(15)17/h1,3-4H,2,5-7,14H2. The van der Waals surface area contributed by atoms with Crippen LogP contribution in [-0.4, -0.2) is 29.0 Å². The molecule has 6 heteroatoms. The van der Waals surface area contributed by atoms with Gasteiger partial charge in [0.15, 0.2) is 0 Å². The summed E-state index contributed by atoms with van der Waals surface area (Å²) in [6.07, 6.45) is 0.862. The Morgan fingerprint density at radius 1 is 1.29 bits per heavy atom. The molecule has 0 radical (unpaired) electrons. The van der Waals surface area contributed by atoms with Crippen LogP contribution in [0.15, 0.2) is 18.2 Å². The van der Waals surface area contributed by atoms with Crippen LogP contribution in [-0.2, 0) is 6.54 Å². The molecule has 1 aromatic rings. The third-order valence-electron chi connectivity index (χ3n) is 2.74. The summed E-state index contributed by atoms with van der Waals surface area (Å²) in [5.74, 6) is 5.57. The van der Waals surface area contributed by atoms with Crippen LogP contribution >= 0.6 is 23.2 Å². The molecule has 1 saturated heterocycles. The number of hydrogen-bond donors (Lipinski definition) is 1. The average molecular weight is 274 g/mol. The van der Waals surface area contributed by atoms with E-state index in [0.717, 1.165) is 12.0 Å². The van der Waals surface area contributed by atoms with Crippen LogP contribution in [0, 0.1) is 0 Å². The van der Waals surface area contributed by atoms with E-state index < -0.39 is 0 Å². The molecule has 0 unspecified atom stereocenters. The van der Waals surface area contributed by atoms with Gasteiger partial charge in [-0.3, -0.25) is 5.01 Å². The molecule has 0 aromatic heterocycles. The van der Waals surface area contributed by atoms with Crippen molar-refractivity contribution in [1.82, 2.24) is 9.91 Å². The molecule has 17 heavy (non-hydrogen) atoms. The first-order chi connectivity index (χ1) is 8.09. The molecule has 1 aliphatic rings. The highest BCUT2D eigenvalue weighted by Gasteiger charge is 2.23. The fourth-order valence-electron chi connectivity index (χ4n) is 1.83. The zero-order chi connectivity index (χ0) is 12.4. The lowest BCUT2D eigenvalue weighted by Crippen LogP contribution is -2.52. The van der Waals surface area contributed by atoms with Gasteiger partial charge in [0.2, 0.25) is 0 Å². The van der Waals surface area contributed by atoms with Crippen LogP contribution in [0.25, 0.3) is 0 Å². The van der Waals surface area contributed by atoms with E-state index in [1.807, 2.05) is 12.1 Å². The lowest BCUT2D eigenvalue weighted by molar-refractivity contribution is 0.127. The number of hydrogen-bond acceptors (Lipinski definition) is 2. The lowest BCUT2D eigenvalue weighted by Gasteiger charge is -2.32. The maximum Gasteiger partial charge on any atom is 0.334 e. The monoisotopic (exact) mass is 273 g/mol. The van der Waals surface area contributed by atoms with Gasteiger partial charge in [-0.15, -0.1) is 0 Å². The van der Waals surface area contributed by atoms with Crippen LogP contribution in [0.1, 0.15) is 12.0 Å². The second-order valence-corrected chi connectivity index (χ2v) is 4.75. The van der Waals surface area contributed by atoms with Gasteiger partial charge in [0.1, 0.15) is 0 Å². The van der Waals surface area contributed by atoms with Gasteiger partial charge in [-0.1, -0.05) is 35.3 Å². The van der Waals surface area contributed by atoms with Gasteiger partial charge in [-0.2, -0.15) is 0 Å². The molecule has 2 N–H and O–H groups in total. The first kappa shape index (κ1) is 12.5. The Kier molecular flexibility index (Phi) is 3.76. The third-order valence-corrected chi connectivity index (χ3v) is 3.59. The Labute approximate surface area is 110 Å². The van der Waals surface area contributed by atoms with Crippen molar-refractivity contribution in [3.05, 3.63) is 33.8 Å². The van der Waals surface area contributed by atoms with Crippen molar-refractivity contribution in [3.8, 4) is 0 Å². The second kappa shape index (κ2) is 5.12. The minimum atomic E-state index is -0.174. The Morgan fingerprint density at radius 3 is 2.82 bits per heavy atom. The molecule has 4 nitrogen and oxygen atoms in total. The van der Waals surface area contributed by atoms with Crippen molar-refractivity contribution in [3.63, 3.8) is 0 Å². The number of carbonyl (C=O) groups excluding carboxylic acids is 1. The molecule has 0 aliphatic carbocycles. The molecular weight excluding hydrogens is 261 g/mol. The van der Waals surface area contributed by atoms with E-state index in [1.54, 1.807) is 11.0 Å². The van der Waals surface area contributed by atoms with E-state index in [-0.39, 0.29) is 6.03 Å². The van der Waals surface area contributed by atoms with Crippen LogP contribution in [0.5, 0.6) is 0 Å². The van der Waals surface area contributed by atoms with Crippen molar-refractivity contribution in [2.45, 2.75) is 13.0 Å². The molecule has 1 aromatic carbocycles. The van der Waals surface area contributed by atoms with Gasteiger partial charge < -0.3 is 4.90 Å². The summed E-state index contributed by atoms with van der Waals surface area (Å²) in [5.41, 5.74) is 0.836.